The molecule has 0 bridgehead atoms. The number of nitrogens with zero attached hydrogens (tertiary/aromatic N) is 1. The zero-order valence-electron chi connectivity index (χ0n) is 10.8. The first-order valence-corrected chi connectivity index (χ1v) is 5.31. The summed E-state index contributed by atoms with van der Waals surface area (Å²) < 4.78 is 9.61. The first-order valence-electron chi connectivity index (χ1n) is 5.31. The second-order valence-electron chi connectivity index (χ2n) is 3.44. The van der Waals surface area contributed by atoms with E-state index in [0.29, 0.717) is 5.06 Å². The van der Waals surface area contributed by atoms with Crippen LogP contribution in [0.1, 0.15) is 10.4 Å². The van der Waals surface area contributed by atoms with Crippen molar-refractivity contribution in [3.05, 3.63) is 35.9 Å². The Morgan fingerprint density at radius 3 is 2.00 bits per heavy atom. The molecule has 0 radical (unpaired) electrons. The Balaban J connectivity index is 3.19. The predicted octanol–water partition coefficient (Wildman–Crippen LogP) is 0.721. The summed E-state index contributed by atoms with van der Waals surface area (Å²) >= 11 is 0. The molecule has 1 amide bonds. The summed E-state index contributed by atoms with van der Waals surface area (Å²) in [5.41, 5.74) is 0.240. The van der Waals surface area contributed by atoms with Crippen LogP contribution in [0.3, 0.4) is 0 Å². The molecule has 0 saturated heterocycles. The molecule has 0 spiro atoms. The molecule has 1 aromatic carbocycles. The zero-order chi connectivity index (χ0) is 14.5. The second-order valence-corrected chi connectivity index (χ2v) is 3.44. The highest BCUT2D eigenvalue weighted by Gasteiger charge is 2.50. The number of benzene rings is 1. The molecule has 1 rings (SSSR count). The monoisotopic (exact) mass is 269 g/mol. The van der Waals surface area contributed by atoms with Crippen LogP contribution in [-0.4, -0.2) is 49.3 Å². The number of hydrogen-bond donors (Lipinski definition) is 1. The van der Waals surface area contributed by atoms with Crippen LogP contribution in [-0.2, 0) is 19.1 Å². The molecule has 0 atom stereocenters. The Hall–Kier alpha value is -1.96. The highest BCUT2D eigenvalue weighted by Crippen LogP contribution is 2.21. The number of rotatable bonds is 6. The van der Waals surface area contributed by atoms with Crippen LogP contribution >= 0.6 is 0 Å². The third-order valence-corrected chi connectivity index (χ3v) is 2.48. The van der Waals surface area contributed by atoms with Crippen LogP contribution in [0.15, 0.2) is 30.3 Å². The van der Waals surface area contributed by atoms with Crippen molar-refractivity contribution in [1.82, 2.24) is 5.06 Å². The third-order valence-electron chi connectivity index (χ3n) is 2.48. The van der Waals surface area contributed by atoms with E-state index in [1.165, 1.54) is 12.1 Å². The molecule has 0 saturated carbocycles. The smallest absolute Gasteiger partial charge is 0.390 e. The maximum Gasteiger partial charge on any atom is 0.390 e. The molecular weight excluding hydrogens is 254 g/mol. The zero-order valence-corrected chi connectivity index (χ0v) is 10.8. The van der Waals surface area contributed by atoms with Gasteiger partial charge in [-0.25, -0.2) is 4.79 Å². The largest absolute Gasteiger partial charge is 0.476 e. The lowest BCUT2D eigenvalue weighted by Gasteiger charge is -2.34. The van der Waals surface area contributed by atoms with E-state index in [4.69, 9.17) is 14.3 Å². The number of carbonyl (C=O) groups excluding carboxylic acids is 1. The van der Waals surface area contributed by atoms with Gasteiger partial charge in [-0.15, -0.1) is 5.06 Å². The lowest BCUT2D eigenvalue weighted by Crippen LogP contribution is -2.59. The summed E-state index contributed by atoms with van der Waals surface area (Å²) in [6, 6.07) is 8.05. The molecular formula is C12H15NO6. The summed E-state index contributed by atoms with van der Waals surface area (Å²) in [5.74, 6) is -4.56. The number of methoxy groups -OCH3 is 2. The average molecular weight is 269 g/mol. The molecule has 0 aromatic heterocycles. The molecule has 0 aliphatic heterocycles. The normalized spacial score (nSPS) is 11.1. The van der Waals surface area contributed by atoms with E-state index in [1.54, 1.807) is 18.2 Å². The van der Waals surface area contributed by atoms with Crippen molar-refractivity contribution in [1.29, 1.82) is 0 Å². The first kappa shape index (κ1) is 15.1. The summed E-state index contributed by atoms with van der Waals surface area (Å²) in [6.45, 7) is 0. The maximum absolute atomic E-state index is 12.2. The van der Waals surface area contributed by atoms with Crippen molar-refractivity contribution < 1.29 is 29.0 Å². The van der Waals surface area contributed by atoms with Crippen molar-refractivity contribution in [2.75, 3.05) is 21.3 Å². The van der Waals surface area contributed by atoms with Gasteiger partial charge in [-0.05, 0) is 12.1 Å². The van der Waals surface area contributed by atoms with Gasteiger partial charge in [-0.3, -0.25) is 9.63 Å². The van der Waals surface area contributed by atoms with Crippen molar-refractivity contribution in [2.45, 2.75) is 5.91 Å². The lowest BCUT2D eigenvalue weighted by molar-refractivity contribution is -0.347. The van der Waals surface area contributed by atoms with Gasteiger partial charge in [-0.1, -0.05) is 18.2 Å². The van der Waals surface area contributed by atoms with Gasteiger partial charge in [-0.2, -0.15) is 0 Å². The molecule has 104 valence electrons. The first-order chi connectivity index (χ1) is 9.03. The topological polar surface area (TPSA) is 85.3 Å². The highest BCUT2D eigenvalue weighted by atomic mass is 16.8. The van der Waals surface area contributed by atoms with Crippen molar-refractivity contribution in [3.8, 4) is 0 Å². The average Bonchev–Trinajstić information content (AvgIpc) is 2.44. The quantitative estimate of drug-likeness (QED) is 0.605. The Morgan fingerprint density at radius 1 is 1.11 bits per heavy atom. The SMILES string of the molecule is CON(C(=O)c1ccccc1)C(OC)(OC)C(=O)O. The number of amides is 1. The summed E-state index contributed by atoms with van der Waals surface area (Å²) in [4.78, 5) is 28.3. The third kappa shape index (κ3) is 2.73. The summed E-state index contributed by atoms with van der Waals surface area (Å²) in [6.07, 6.45) is 0. The number of hydroxylamine groups is 2. The minimum Gasteiger partial charge on any atom is -0.476 e. The van der Waals surface area contributed by atoms with E-state index in [9.17, 15) is 14.7 Å². The van der Waals surface area contributed by atoms with Crippen LogP contribution in [0.5, 0.6) is 0 Å². The van der Waals surface area contributed by atoms with Crippen LogP contribution in [0.2, 0.25) is 0 Å². The van der Waals surface area contributed by atoms with Gasteiger partial charge in [0.2, 0.25) is 0 Å². The minimum absolute atomic E-state index is 0.240. The van der Waals surface area contributed by atoms with Crippen LogP contribution in [0.25, 0.3) is 0 Å². The fourth-order valence-electron chi connectivity index (χ4n) is 1.55. The minimum atomic E-state index is -2.35. The number of carboxylic acids is 1. The Morgan fingerprint density at radius 2 is 1.63 bits per heavy atom. The maximum atomic E-state index is 12.2. The van der Waals surface area contributed by atoms with Gasteiger partial charge in [0, 0.05) is 19.8 Å². The Bertz CT molecular complexity index is 443. The molecule has 0 aliphatic rings. The van der Waals surface area contributed by atoms with Gasteiger partial charge in [0.25, 0.3) is 5.91 Å². The van der Waals surface area contributed by atoms with Gasteiger partial charge < -0.3 is 14.6 Å². The molecule has 1 N–H and O–H groups in total. The van der Waals surface area contributed by atoms with Gasteiger partial charge in [0.15, 0.2) is 0 Å². The van der Waals surface area contributed by atoms with E-state index in [-0.39, 0.29) is 5.56 Å². The second kappa shape index (κ2) is 6.28. The number of ether oxygens (including phenoxy) is 2. The fourth-order valence-corrected chi connectivity index (χ4v) is 1.55. The van der Waals surface area contributed by atoms with Gasteiger partial charge in [0.05, 0.1) is 7.11 Å². The van der Waals surface area contributed by atoms with Crippen molar-refractivity contribution in [3.63, 3.8) is 0 Å². The van der Waals surface area contributed by atoms with Crippen molar-refractivity contribution >= 4 is 11.9 Å². The molecule has 0 fully saturated rings. The molecule has 7 heteroatoms. The number of aliphatic carboxylic acids is 1. The highest BCUT2D eigenvalue weighted by molar-refractivity contribution is 5.96. The molecule has 0 unspecified atom stereocenters. The van der Waals surface area contributed by atoms with E-state index in [2.05, 4.69) is 0 Å². The molecule has 7 nitrogen and oxygen atoms in total. The predicted molar refractivity (Wildman–Crippen MR) is 64.0 cm³/mol. The van der Waals surface area contributed by atoms with Crippen LogP contribution in [0, 0.1) is 0 Å². The lowest BCUT2D eigenvalue weighted by atomic mass is 10.2. The Kier molecular flexibility index (Phi) is 4.99. The van der Waals surface area contributed by atoms with E-state index in [0.717, 1.165) is 21.3 Å². The number of carbonyl (C=O) groups is 2. The summed E-state index contributed by atoms with van der Waals surface area (Å²) in [5, 5.41) is 9.72. The van der Waals surface area contributed by atoms with Crippen molar-refractivity contribution in [2.24, 2.45) is 0 Å². The molecule has 1 aromatic rings. The number of hydrogen-bond acceptors (Lipinski definition) is 5. The van der Waals surface area contributed by atoms with E-state index >= 15 is 0 Å². The van der Waals surface area contributed by atoms with E-state index < -0.39 is 17.8 Å². The fraction of sp³-hybridized carbons (Fsp3) is 0.333. The Labute approximate surface area is 110 Å². The van der Waals surface area contributed by atoms with Gasteiger partial charge in [0.1, 0.15) is 0 Å². The number of carboxylic acid groups (broad SMARTS) is 1. The van der Waals surface area contributed by atoms with E-state index in [1.807, 2.05) is 0 Å². The standard InChI is InChI=1S/C12H15NO6/c1-17-12(18-2,11(15)16)13(19-3)10(14)9-7-5-4-6-8-9/h4-8H,1-3H3,(H,15,16). The summed E-state index contributed by atoms with van der Waals surface area (Å²) in [7, 11) is 3.35. The molecule has 19 heavy (non-hydrogen) atoms. The van der Waals surface area contributed by atoms with Gasteiger partial charge >= 0.3 is 11.9 Å². The molecule has 0 aliphatic carbocycles. The molecule has 0 heterocycles. The van der Waals surface area contributed by atoms with Crippen LogP contribution in [0.4, 0.5) is 0 Å². The van der Waals surface area contributed by atoms with Crippen LogP contribution < -0.4 is 0 Å².